The van der Waals surface area contributed by atoms with Gasteiger partial charge in [0.1, 0.15) is 0 Å². The first-order valence-electron chi connectivity index (χ1n) is 5.92. The molecule has 1 aromatic rings. The van der Waals surface area contributed by atoms with Gasteiger partial charge in [-0.1, -0.05) is 12.1 Å². The van der Waals surface area contributed by atoms with Crippen LogP contribution in [0, 0.1) is 6.92 Å². The van der Waals surface area contributed by atoms with E-state index in [0.717, 1.165) is 18.9 Å². The molecule has 0 radical (unpaired) electrons. The minimum Gasteiger partial charge on any atom is -0.356 e. The van der Waals surface area contributed by atoms with E-state index in [1.54, 1.807) is 7.05 Å². The highest BCUT2D eigenvalue weighted by molar-refractivity contribution is 5.79. The first kappa shape index (κ1) is 13.5. The average molecular weight is 239 g/mol. The molecule has 0 aliphatic carbocycles. The summed E-state index contributed by atoms with van der Waals surface area (Å²) in [6, 6.07) is 0.409. The molecule has 0 amide bonds. The van der Waals surface area contributed by atoms with Crippen LogP contribution in [0.15, 0.2) is 9.52 Å². The number of aryl methyl sites for hydroxylation is 1. The Morgan fingerprint density at radius 1 is 1.53 bits per heavy atom. The number of aliphatic imine (C=N–C) groups is 1. The zero-order valence-electron chi connectivity index (χ0n) is 10.9. The van der Waals surface area contributed by atoms with Gasteiger partial charge in [0.2, 0.25) is 5.89 Å². The molecule has 1 atom stereocenters. The molecule has 0 aliphatic rings. The third kappa shape index (κ3) is 4.84. The molecule has 0 aliphatic heterocycles. The van der Waals surface area contributed by atoms with Gasteiger partial charge in [-0.25, -0.2) is 0 Å². The van der Waals surface area contributed by atoms with Crippen LogP contribution in [0.25, 0.3) is 0 Å². The monoisotopic (exact) mass is 239 g/mol. The fraction of sp³-hybridized carbons (Fsp3) is 0.727. The van der Waals surface area contributed by atoms with Crippen molar-refractivity contribution in [2.45, 2.75) is 39.7 Å². The predicted molar refractivity (Wildman–Crippen MR) is 67.0 cm³/mol. The lowest BCUT2D eigenvalue weighted by atomic mass is 10.3. The molecule has 1 aromatic heterocycles. The molecule has 1 unspecified atom stereocenters. The summed E-state index contributed by atoms with van der Waals surface area (Å²) in [6.45, 7) is 6.78. The minimum atomic E-state index is 0.409. The van der Waals surface area contributed by atoms with Crippen LogP contribution < -0.4 is 10.6 Å². The lowest BCUT2D eigenvalue weighted by Crippen LogP contribution is -2.42. The number of nitrogens with zero attached hydrogens (tertiary/aromatic N) is 3. The van der Waals surface area contributed by atoms with E-state index in [9.17, 15) is 0 Å². The van der Waals surface area contributed by atoms with Gasteiger partial charge < -0.3 is 15.2 Å². The summed E-state index contributed by atoms with van der Waals surface area (Å²) in [5.74, 6) is 2.12. The first-order valence-corrected chi connectivity index (χ1v) is 5.92. The molecule has 0 aromatic carbocycles. The van der Waals surface area contributed by atoms with Crippen molar-refractivity contribution < 1.29 is 4.52 Å². The lowest BCUT2D eigenvalue weighted by molar-refractivity contribution is 0.374. The molecule has 0 saturated carbocycles. The number of rotatable bonds is 5. The van der Waals surface area contributed by atoms with Crippen LogP contribution in [0.2, 0.25) is 0 Å². The van der Waals surface area contributed by atoms with Crippen molar-refractivity contribution in [2.24, 2.45) is 4.99 Å². The van der Waals surface area contributed by atoms with Crippen molar-refractivity contribution in [3.63, 3.8) is 0 Å². The highest BCUT2D eigenvalue weighted by atomic mass is 16.5. The SMILES string of the molecule is CCC(C)NC(=NC)NCCc1nc(C)no1. The van der Waals surface area contributed by atoms with E-state index >= 15 is 0 Å². The Morgan fingerprint density at radius 2 is 2.29 bits per heavy atom. The minimum absolute atomic E-state index is 0.409. The van der Waals surface area contributed by atoms with Gasteiger partial charge in [-0.05, 0) is 20.3 Å². The van der Waals surface area contributed by atoms with Crippen molar-refractivity contribution in [3.8, 4) is 0 Å². The van der Waals surface area contributed by atoms with E-state index in [-0.39, 0.29) is 0 Å². The van der Waals surface area contributed by atoms with E-state index < -0.39 is 0 Å². The molecule has 96 valence electrons. The Labute approximate surface area is 102 Å². The maximum Gasteiger partial charge on any atom is 0.228 e. The van der Waals surface area contributed by atoms with E-state index in [4.69, 9.17) is 4.52 Å². The molecule has 1 rings (SSSR count). The molecule has 0 fully saturated rings. The van der Waals surface area contributed by atoms with Crippen molar-refractivity contribution >= 4 is 5.96 Å². The molecular formula is C11H21N5O. The maximum atomic E-state index is 5.02. The van der Waals surface area contributed by atoms with Gasteiger partial charge in [0.05, 0.1) is 0 Å². The van der Waals surface area contributed by atoms with Gasteiger partial charge >= 0.3 is 0 Å². The third-order valence-corrected chi connectivity index (χ3v) is 2.42. The second-order valence-corrected chi connectivity index (χ2v) is 3.94. The number of aromatic nitrogens is 2. The molecule has 6 heteroatoms. The molecule has 6 nitrogen and oxygen atoms in total. The van der Waals surface area contributed by atoms with Gasteiger partial charge in [-0.3, -0.25) is 4.99 Å². The van der Waals surface area contributed by atoms with Crippen LogP contribution >= 0.6 is 0 Å². The van der Waals surface area contributed by atoms with Crippen LogP contribution in [0.4, 0.5) is 0 Å². The quantitative estimate of drug-likeness (QED) is 0.589. The van der Waals surface area contributed by atoms with Gasteiger partial charge in [0, 0.05) is 26.1 Å². The zero-order chi connectivity index (χ0) is 12.7. The summed E-state index contributed by atoms with van der Waals surface area (Å²) in [4.78, 5) is 8.27. The smallest absolute Gasteiger partial charge is 0.228 e. The van der Waals surface area contributed by atoms with E-state index in [2.05, 4.69) is 39.6 Å². The van der Waals surface area contributed by atoms with Gasteiger partial charge in [-0.15, -0.1) is 0 Å². The third-order valence-electron chi connectivity index (χ3n) is 2.42. The maximum absolute atomic E-state index is 5.02. The van der Waals surface area contributed by atoms with E-state index in [0.29, 0.717) is 24.2 Å². The Hall–Kier alpha value is -1.59. The van der Waals surface area contributed by atoms with E-state index in [1.165, 1.54) is 0 Å². The van der Waals surface area contributed by atoms with Crippen molar-refractivity contribution in [2.75, 3.05) is 13.6 Å². The topological polar surface area (TPSA) is 75.3 Å². The Morgan fingerprint density at radius 3 is 2.82 bits per heavy atom. The standard InChI is InChI=1S/C11H21N5O/c1-5-8(2)14-11(12-4)13-7-6-10-15-9(3)16-17-10/h8H,5-7H2,1-4H3,(H2,12,13,14). The van der Waals surface area contributed by atoms with Gasteiger partial charge in [-0.2, -0.15) is 4.98 Å². The van der Waals surface area contributed by atoms with Crippen LogP contribution in [0.3, 0.4) is 0 Å². The fourth-order valence-corrected chi connectivity index (χ4v) is 1.26. The molecule has 0 spiro atoms. The fourth-order valence-electron chi connectivity index (χ4n) is 1.26. The highest BCUT2D eigenvalue weighted by Crippen LogP contribution is 1.95. The zero-order valence-corrected chi connectivity index (χ0v) is 10.9. The summed E-state index contributed by atoms with van der Waals surface area (Å²) < 4.78 is 5.02. The predicted octanol–water partition coefficient (Wildman–Crippen LogP) is 0.884. The molecule has 0 bridgehead atoms. The summed E-state index contributed by atoms with van der Waals surface area (Å²) in [7, 11) is 1.76. The molecule has 2 N–H and O–H groups in total. The van der Waals surface area contributed by atoms with Gasteiger partial charge in [0.15, 0.2) is 11.8 Å². The second kappa shape index (κ2) is 6.88. The van der Waals surface area contributed by atoms with Gasteiger partial charge in [0.25, 0.3) is 0 Å². The summed E-state index contributed by atoms with van der Waals surface area (Å²) in [6.07, 6.45) is 1.76. The average Bonchev–Trinajstić information content (AvgIpc) is 2.73. The molecule has 17 heavy (non-hydrogen) atoms. The van der Waals surface area contributed by atoms with Crippen LogP contribution in [-0.4, -0.2) is 35.7 Å². The first-order chi connectivity index (χ1) is 8.15. The Kier molecular flexibility index (Phi) is 5.45. The molecule has 1 heterocycles. The van der Waals surface area contributed by atoms with Crippen LogP contribution in [0.1, 0.15) is 32.0 Å². The van der Waals surface area contributed by atoms with Crippen LogP contribution in [0.5, 0.6) is 0 Å². The van der Waals surface area contributed by atoms with Crippen molar-refractivity contribution in [1.29, 1.82) is 0 Å². The number of guanidine groups is 1. The number of hydrogen-bond donors (Lipinski definition) is 2. The summed E-state index contributed by atoms with van der Waals surface area (Å²) in [5.41, 5.74) is 0. The van der Waals surface area contributed by atoms with Crippen molar-refractivity contribution in [1.82, 2.24) is 20.8 Å². The summed E-state index contributed by atoms with van der Waals surface area (Å²) in [5, 5.41) is 10.2. The Bertz CT molecular complexity index is 360. The lowest BCUT2D eigenvalue weighted by Gasteiger charge is -2.15. The van der Waals surface area contributed by atoms with Crippen molar-refractivity contribution in [3.05, 3.63) is 11.7 Å². The van der Waals surface area contributed by atoms with E-state index in [1.807, 2.05) is 6.92 Å². The normalized spacial score (nSPS) is 13.5. The highest BCUT2D eigenvalue weighted by Gasteiger charge is 2.04. The van der Waals surface area contributed by atoms with Crippen LogP contribution in [-0.2, 0) is 6.42 Å². The number of hydrogen-bond acceptors (Lipinski definition) is 4. The molecule has 0 saturated heterocycles. The molecular weight excluding hydrogens is 218 g/mol. The second-order valence-electron chi connectivity index (χ2n) is 3.94. The Balaban J connectivity index is 2.29. The largest absolute Gasteiger partial charge is 0.356 e. The summed E-state index contributed by atoms with van der Waals surface area (Å²) >= 11 is 0. The number of nitrogens with one attached hydrogen (secondary N) is 2.